The zero-order valence-corrected chi connectivity index (χ0v) is 13.0. The van der Waals surface area contributed by atoms with Crippen LogP contribution in [0.2, 0.25) is 0 Å². The van der Waals surface area contributed by atoms with Gasteiger partial charge in [0.15, 0.2) is 0 Å². The van der Waals surface area contributed by atoms with Crippen molar-refractivity contribution in [2.75, 3.05) is 19.7 Å². The van der Waals surface area contributed by atoms with Gasteiger partial charge in [-0.1, -0.05) is 22.0 Å². The van der Waals surface area contributed by atoms with Crippen molar-refractivity contribution >= 4 is 15.9 Å². The first-order valence-corrected chi connectivity index (χ1v) is 8.02. The highest BCUT2D eigenvalue weighted by Gasteiger charge is 2.39. The predicted octanol–water partition coefficient (Wildman–Crippen LogP) is 2.84. The molecule has 3 rings (SSSR count). The minimum Gasteiger partial charge on any atom is -0.375 e. The molecule has 0 spiro atoms. The number of hydrogen-bond acceptors (Lipinski definition) is 3. The third-order valence-electron chi connectivity index (χ3n) is 4.47. The van der Waals surface area contributed by atoms with Gasteiger partial charge in [-0.3, -0.25) is 4.90 Å². The summed E-state index contributed by atoms with van der Waals surface area (Å²) in [5.74, 6) is -0.225. The highest BCUT2D eigenvalue weighted by atomic mass is 79.9. The van der Waals surface area contributed by atoms with Gasteiger partial charge in [-0.25, -0.2) is 4.39 Å². The van der Waals surface area contributed by atoms with E-state index in [0.29, 0.717) is 18.7 Å². The summed E-state index contributed by atoms with van der Waals surface area (Å²) >= 11 is 3.47. The largest absolute Gasteiger partial charge is 0.375 e. The van der Waals surface area contributed by atoms with Crippen molar-refractivity contribution in [3.63, 3.8) is 0 Å². The van der Waals surface area contributed by atoms with Gasteiger partial charge in [0.2, 0.25) is 0 Å². The van der Waals surface area contributed by atoms with Crippen LogP contribution >= 0.6 is 15.9 Å². The van der Waals surface area contributed by atoms with E-state index in [-0.39, 0.29) is 11.9 Å². The summed E-state index contributed by atoms with van der Waals surface area (Å²) < 4.78 is 19.9. The van der Waals surface area contributed by atoms with Crippen LogP contribution in [0.15, 0.2) is 22.7 Å². The van der Waals surface area contributed by atoms with E-state index in [0.717, 1.165) is 29.6 Å². The van der Waals surface area contributed by atoms with Crippen molar-refractivity contribution in [2.45, 2.75) is 37.5 Å². The van der Waals surface area contributed by atoms with Crippen LogP contribution in [0.5, 0.6) is 0 Å². The summed E-state index contributed by atoms with van der Waals surface area (Å²) in [7, 11) is 0. The Balaban J connectivity index is 1.88. The highest BCUT2D eigenvalue weighted by molar-refractivity contribution is 9.10. The van der Waals surface area contributed by atoms with Crippen LogP contribution in [0.25, 0.3) is 0 Å². The maximum atomic E-state index is 13.3. The first-order chi connectivity index (χ1) is 9.70. The topological polar surface area (TPSA) is 38.5 Å². The van der Waals surface area contributed by atoms with Gasteiger partial charge in [-0.15, -0.1) is 0 Å². The molecule has 0 aromatic heterocycles. The molecule has 1 aromatic rings. The Labute approximate surface area is 127 Å². The van der Waals surface area contributed by atoms with E-state index in [9.17, 15) is 4.39 Å². The van der Waals surface area contributed by atoms with Crippen molar-refractivity contribution in [1.82, 2.24) is 4.90 Å². The fourth-order valence-corrected chi connectivity index (χ4v) is 4.17. The van der Waals surface area contributed by atoms with Crippen LogP contribution in [0.3, 0.4) is 0 Å². The zero-order valence-electron chi connectivity index (χ0n) is 11.4. The number of halogens is 2. The molecule has 2 N–H and O–H groups in total. The first-order valence-electron chi connectivity index (χ1n) is 7.23. The second kappa shape index (κ2) is 6.10. The summed E-state index contributed by atoms with van der Waals surface area (Å²) in [5, 5.41) is 0. The lowest BCUT2D eigenvalue weighted by atomic mass is 10.0. The Morgan fingerprint density at radius 3 is 3.05 bits per heavy atom. The maximum Gasteiger partial charge on any atom is 0.124 e. The molecule has 1 saturated carbocycles. The van der Waals surface area contributed by atoms with Crippen LogP contribution in [-0.4, -0.2) is 36.7 Å². The van der Waals surface area contributed by atoms with E-state index < -0.39 is 0 Å². The predicted molar refractivity (Wildman–Crippen MR) is 80.0 cm³/mol. The van der Waals surface area contributed by atoms with Gasteiger partial charge in [-0.05, 0) is 37.0 Å². The minimum atomic E-state index is -0.225. The van der Waals surface area contributed by atoms with Gasteiger partial charge >= 0.3 is 0 Å². The van der Waals surface area contributed by atoms with E-state index in [2.05, 4.69) is 20.8 Å². The Hall–Kier alpha value is -0.490. The second-order valence-electron chi connectivity index (χ2n) is 5.56. The van der Waals surface area contributed by atoms with Crippen molar-refractivity contribution in [2.24, 2.45) is 5.73 Å². The molecule has 1 aliphatic heterocycles. The van der Waals surface area contributed by atoms with Gasteiger partial charge in [0.05, 0.1) is 12.7 Å². The minimum absolute atomic E-state index is 0.125. The monoisotopic (exact) mass is 342 g/mol. The quantitative estimate of drug-likeness (QED) is 0.917. The average molecular weight is 343 g/mol. The molecule has 3 unspecified atom stereocenters. The molecule has 1 heterocycles. The van der Waals surface area contributed by atoms with Crippen molar-refractivity contribution in [3.05, 3.63) is 34.1 Å². The van der Waals surface area contributed by atoms with Crippen molar-refractivity contribution in [1.29, 1.82) is 0 Å². The summed E-state index contributed by atoms with van der Waals surface area (Å²) in [5.41, 5.74) is 7.10. The van der Waals surface area contributed by atoms with Gasteiger partial charge in [-0.2, -0.15) is 0 Å². The van der Waals surface area contributed by atoms with Crippen LogP contribution in [0.1, 0.15) is 30.9 Å². The van der Waals surface area contributed by atoms with Gasteiger partial charge in [0, 0.05) is 29.6 Å². The zero-order chi connectivity index (χ0) is 14.1. The van der Waals surface area contributed by atoms with Crippen LogP contribution < -0.4 is 5.73 Å². The van der Waals surface area contributed by atoms with E-state index in [4.69, 9.17) is 10.5 Å². The van der Waals surface area contributed by atoms with E-state index >= 15 is 0 Å². The molecule has 1 aromatic carbocycles. The van der Waals surface area contributed by atoms with Crippen molar-refractivity contribution in [3.8, 4) is 0 Å². The molecule has 3 nitrogen and oxygen atoms in total. The number of morpholine rings is 1. The Bertz CT molecular complexity index is 485. The Morgan fingerprint density at radius 2 is 2.30 bits per heavy atom. The lowest BCUT2D eigenvalue weighted by Crippen LogP contribution is -2.51. The first kappa shape index (κ1) is 14.4. The molecule has 110 valence electrons. The number of benzene rings is 1. The number of fused-ring (bicyclic) bond motifs is 1. The highest BCUT2D eigenvalue weighted by Crippen LogP contribution is 2.37. The molecule has 3 atom stereocenters. The standard InChI is InChI=1S/C15H20BrFN2O/c16-12-8-10(17)4-5-11(12)14(9-18)19-6-7-20-15-3-1-2-13(15)19/h4-5,8,13-15H,1-3,6-7,9,18H2. The molecule has 5 heteroatoms. The maximum absolute atomic E-state index is 13.3. The fraction of sp³-hybridized carbons (Fsp3) is 0.600. The molecular formula is C15H20BrFN2O. The second-order valence-corrected chi connectivity index (χ2v) is 6.42. The summed E-state index contributed by atoms with van der Waals surface area (Å²) in [6.45, 7) is 2.19. The number of nitrogens with zero attached hydrogens (tertiary/aromatic N) is 1. The van der Waals surface area contributed by atoms with E-state index in [1.807, 2.05) is 6.07 Å². The van der Waals surface area contributed by atoms with Crippen LogP contribution in [0.4, 0.5) is 4.39 Å². The molecule has 0 bridgehead atoms. The molecule has 2 fully saturated rings. The lowest BCUT2D eigenvalue weighted by Gasteiger charge is -2.42. The van der Waals surface area contributed by atoms with E-state index in [1.54, 1.807) is 0 Å². The average Bonchev–Trinajstić information content (AvgIpc) is 2.91. The van der Waals surface area contributed by atoms with E-state index in [1.165, 1.54) is 25.0 Å². The Morgan fingerprint density at radius 1 is 1.45 bits per heavy atom. The number of hydrogen-bond donors (Lipinski definition) is 1. The number of ether oxygens (including phenoxy) is 1. The SMILES string of the molecule is NCC(c1ccc(F)cc1Br)N1CCOC2CCCC21. The lowest BCUT2D eigenvalue weighted by molar-refractivity contribution is -0.0712. The van der Waals surface area contributed by atoms with Crippen LogP contribution in [-0.2, 0) is 4.74 Å². The molecule has 0 radical (unpaired) electrons. The molecule has 0 amide bonds. The number of rotatable bonds is 3. The van der Waals surface area contributed by atoms with Gasteiger partial charge in [0.1, 0.15) is 5.82 Å². The smallest absolute Gasteiger partial charge is 0.124 e. The molecule has 2 aliphatic rings. The van der Waals surface area contributed by atoms with Gasteiger partial charge < -0.3 is 10.5 Å². The third-order valence-corrected chi connectivity index (χ3v) is 5.16. The molecule has 1 aliphatic carbocycles. The van der Waals surface area contributed by atoms with Crippen molar-refractivity contribution < 1.29 is 9.13 Å². The summed E-state index contributed by atoms with van der Waals surface area (Å²) in [4.78, 5) is 2.46. The summed E-state index contributed by atoms with van der Waals surface area (Å²) in [6, 6.07) is 5.45. The Kier molecular flexibility index (Phi) is 4.40. The van der Waals surface area contributed by atoms with Gasteiger partial charge in [0.25, 0.3) is 0 Å². The third kappa shape index (κ3) is 2.64. The fourth-order valence-electron chi connectivity index (χ4n) is 3.56. The molecule has 1 saturated heterocycles. The molecule has 20 heavy (non-hydrogen) atoms. The normalized spacial score (nSPS) is 28.4. The number of nitrogens with two attached hydrogens (primary N) is 1. The summed E-state index contributed by atoms with van der Waals surface area (Å²) in [6.07, 6.45) is 3.87. The molecular weight excluding hydrogens is 323 g/mol. The van der Waals surface area contributed by atoms with Crippen LogP contribution in [0, 0.1) is 5.82 Å².